The van der Waals surface area contributed by atoms with Crippen molar-refractivity contribution in [3.05, 3.63) is 71.8 Å². The number of carbonyl (C=O) groups excluding carboxylic acids is 1. The summed E-state index contributed by atoms with van der Waals surface area (Å²) < 4.78 is 10.4. The summed E-state index contributed by atoms with van der Waals surface area (Å²) in [5.74, 6) is 1.73. The van der Waals surface area contributed by atoms with Crippen molar-refractivity contribution in [2.24, 2.45) is 0 Å². The van der Waals surface area contributed by atoms with E-state index < -0.39 is 0 Å². The summed E-state index contributed by atoms with van der Waals surface area (Å²) in [6.45, 7) is 0.580. The van der Waals surface area contributed by atoms with Crippen molar-refractivity contribution in [3.63, 3.8) is 0 Å². The van der Waals surface area contributed by atoms with Crippen LogP contribution in [0.1, 0.15) is 11.1 Å². The van der Waals surface area contributed by atoms with Crippen LogP contribution in [-0.4, -0.2) is 32.1 Å². The number of likely N-dealkylation sites (N-methyl/N-ethyl adjacent to an activating group) is 1. The molecule has 0 saturated carbocycles. The third kappa shape index (κ3) is 4.14. The zero-order valence-electron chi connectivity index (χ0n) is 15.4. The van der Waals surface area contributed by atoms with Crippen LogP contribution in [0.2, 0.25) is 0 Å². The Hall–Kier alpha value is -3.01. The van der Waals surface area contributed by atoms with Gasteiger partial charge in [0, 0.05) is 13.6 Å². The smallest absolute Gasteiger partial charge is 0.227 e. The zero-order valence-corrected chi connectivity index (χ0v) is 15.4. The number of methoxy groups -OCH3 is 2. The topological polar surface area (TPSA) is 38.8 Å². The van der Waals surface area contributed by atoms with Gasteiger partial charge < -0.3 is 14.4 Å². The fourth-order valence-electron chi connectivity index (χ4n) is 2.91. The Labute approximate surface area is 154 Å². The average Bonchev–Trinajstić information content (AvgIpc) is 2.68. The van der Waals surface area contributed by atoms with E-state index in [0.717, 1.165) is 33.4 Å². The van der Waals surface area contributed by atoms with Crippen molar-refractivity contribution >= 4 is 16.7 Å². The maximum atomic E-state index is 12.5. The van der Waals surface area contributed by atoms with Gasteiger partial charge in [0.1, 0.15) is 11.5 Å². The van der Waals surface area contributed by atoms with Crippen molar-refractivity contribution in [2.45, 2.75) is 13.0 Å². The predicted molar refractivity (Wildman–Crippen MR) is 104 cm³/mol. The van der Waals surface area contributed by atoms with Crippen molar-refractivity contribution in [1.82, 2.24) is 4.90 Å². The molecule has 0 fully saturated rings. The van der Waals surface area contributed by atoms with E-state index >= 15 is 0 Å². The lowest BCUT2D eigenvalue weighted by atomic mass is 10.1. The molecule has 0 aliphatic rings. The van der Waals surface area contributed by atoms with E-state index in [4.69, 9.17) is 9.47 Å². The first-order chi connectivity index (χ1) is 12.6. The van der Waals surface area contributed by atoms with E-state index in [-0.39, 0.29) is 5.91 Å². The number of rotatable bonds is 6. The SMILES string of the molecule is COc1ccc(CC(=O)N(C)Cc2ccc3cc(OC)ccc3c2)cc1. The molecule has 0 bridgehead atoms. The summed E-state index contributed by atoms with van der Waals surface area (Å²) in [6.07, 6.45) is 0.380. The fourth-order valence-corrected chi connectivity index (χ4v) is 2.91. The van der Waals surface area contributed by atoms with Gasteiger partial charge in [0.15, 0.2) is 0 Å². The highest BCUT2D eigenvalue weighted by Crippen LogP contribution is 2.22. The Morgan fingerprint density at radius 2 is 1.38 bits per heavy atom. The first-order valence-electron chi connectivity index (χ1n) is 8.52. The van der Waals surface area contributed by atoms with E-state index in [2.05, 4.69) is 18.2 Å². The Morgan fingerprint density at radius 3 is 2.08 bits per heavy atom. The number of hydrogen-bond donors (Lipinski definition) is 0. The van der Waals surface area contributed by atoms with Crippen LogP contribution in [0.3, 0.4) is 0 Å². The van der Waals surface area contributed by atoms with Crippen LogP contribution >= 0.6 is 0 Å². The molecule has 0 aliphatic carbocycles. The number of carbonyl (C=O) groups is 1. The molecule has 3 aromatic rings. The lowest BCUT2D eigenvalue weighted by Crippen LogP contribution is -2.27. The van der Waals surface area contributed by atoms with Gasteiger partial charge in [0.05, 0.1) is 20.6 Å². The monoisotopic (exact) mass is 349 g/mol. The summed E-state index contributed by atoms with van der Waals surface area (Å²) in [6, 6.07) is 19.8. The van der Waals surface area contributed by atoms with Gasteiger partial charge in [-0.15, -0.1) is 0 Å². The number of hydrogen-bond acceptors (Lipinski definition) is 3. The van der Waals surface area contributed by atoms with Gasteiger partial charge in [-0.25, -0.2) is 0 Å². The van der Waals surface area contributed by atoms with Gasteiger partial charge in [-0.2, -0.15) is 0 Å². The first kappa shape index (κ1) is 17.8. The maximum Gasteiger partial charge on any atom is 0.227 e. The third-order valence-corrected chi connectivity index (χ3v) is 4.47. The summed E-state index contributed by atoms with van der Waals surface area (Å²) in [5, 5.41) is 2.26. The number of fused-ring (bicyclic) bond motifs is 1. The Morgan fingerprint density at radius 1 is 0.808 bits per heavy atom. The Bertz CT molecular complexity index is 903. The van der Waals surface area contributed by atoms with E-state index in [1.807, 2.05) is 49.5 Å². The van der Waals surface area contributed by atoms with Crippen LogP contribution in [0.5, 0.6) is 11.5 Å². The first-order valence-corrected chi connectivity index (χ1v) is 8.52. The lowest BCUT2D eigenvalue weighted by Gasteiger charge is -2.18. The molecule has 0 saturated heterocycles. The molecule has 26 heavy (non-hydrogen) atoms. The van der Waals surface area contributed by atoms with Crippen molar-refractivity contribution < 1.29 is 14.3 Å². The highest BCUT2D eigenvalue weighted by atomic mass is 16.5. The normalized spacial score (nSPS) is 10.6. The van der Waals surface area contributed by atoms with Gasteiger partial charge in [-0.3, -0.25) is 4.79 Å². The second kappa shape index (κ2) is 7.91. The second-order valence-corrected chi connectivity index (χ2v) is 6.32. The third-order valence-electron chi connectivity index (χ3n) is 4.47. The van der Waals surface area contributed by atoms with Gasteiger partial charge in [0.25, 0.3) is 0 Å². The maximum absolute atomic E-state index is 12.5. The van der Waals surface area contributed by atoms with Gasteiger partial charge in [0.2, 0.25) is 5.91 Å². The number of ether oxygens (including phenoxy) is 2. The summed E-state index contributed by atoms with van der Waals surface area (Å²) in [4.78, 5) is 14.3. The second-order valence-electron chi connectivity index (χ2n) is 6.32. The minimum Gasteiger partial charge on any atom is -0.497 e. The van der Waals surface area contributed by atoms with Crippen molar-refractivity contribution in [2.75, 3.05) is 21.3 Å². The van der Waals surface area contributed by atoms with E-state index in [1.165, 1.54) is 0 Å². The lowest BCUT2D eigenvalue weighted by molar-refractivity contribution is -0.129. The molecule has 3 rings (SSSR count). The van der Waals surface area contributed by atoms with Gasteiger partial charge >= 0.3 is 0 Å². The zero-order chi connectivity index (χ0) is 18.5. The molecule has 3 aromatic carbocycles. The summed E-state index contributed by atoms with van der Waals surface area (Å²) in [5.41, 5.74) is 2.08. The quantitative estimate of drug-likeness (QED) is 0.674. The molecule has 1 amide bonds. The summed E-state index contributed by atoms with van der Waals surface area (Å²) >= 11 is 0. The molecular weight excluding hydrogens is 326 g/mol. The fraction of sp³-hybridized carbons (Fsp3) is 0.227. The van der Waals surface area contributed by atoms with E-state index in [9.17, 15) is 4.79 Å². The Kier molecular flexibility index (Phi) is 5.42. The van der Waals surface area contributed by atoms with E-state index in [0.29, 0.717) is 13.0 Å². The van der Waals surface area contributed by atoms with Crippen LogP contribution in [0, 0.1) is 0 Å². The number of amides is 1. The molecule has 0 radical (unpaired) electrons. The van der Waals surface area contributed by atoms with E-state index in [1.54, 1.807) is 19.1 Å². The molecule has 4 nitrogen and oxygen atoms in total. The van der Waals surface area contributed by atoms with Crippen LogP contribution < -0.4 is 9.47 Å². The molecule has 0 aliphatic heterocycles. The summed E-state index contributed by atoms with van der Waals surface area (Å²) in [7, 11) is 5.14. The molecule has 0 atom stereocenters. The molecule has 4 heteroatoms. The van der Waals surface area contributed by atoms with Crippen molar-refractivity contribution in [1.29, 1.82) is 0 Å². The molecular formula is C22H23NO3. The standard InChI is InChI=1S/C22H23NO3/c1-23(22(24)13-16-5-9-20(25-2)10-6-16)15-17-4-7-19-14-21(26-3)11-8-18(19)12-17/h4-12,14H,13,15H2,1-3H3. The van der Waals surface area contributed by atoms with Crippen LogP contribution in [-0.2, 0) is 17.8 Å². The van der Waals surface area contributed by atoms with Crippen LogP contribution in [0.15, 0.2) is 60.7 Å². The average molecular weight is 349 g/mol. The molecule has 0 aromatic heterocycles. The van der Waals surface area contributed by atoms with Crippen LogP contribution in [0.4, 0.5) is 0 Å². The largest absolute Gasteiger partial charge is 0.497 e. The molecule has 0 heterocycles. The molecule has 0 spiro atoms. The highest BCUT2D eigenvalue weighted by Gasteiger charge is 2.11. The van der Waals surface area contributed by atoms with Gasteiger partial charge in [-0.05, 0) is 52.2 Å². The number of nitrogens with zero attached hydrogens (tertiary/aromatic N) is 1. The Balaban J connectivity index is 1.67. The molecule has 0 unspecified atom stereocenters. The minimum atomic E-state index is 0.0880. The molecule has 134 valence electrons. The van der Waals surface area contributed by atoms with Crippen molar-refractivity contribution in [3.8, 4) is 11.5 Å². The van der Waals surface area contributed by atoms with Crippen LogP contribution in [0.25, 0.3) is 10.8 Å². The number of benzene rings is 3. The predicted octanol–water partition coefficient (Wildman–Crippen LogP) is 4.06. The minimum absolute atomic E-state index is 0.0880. The van der Waals surface area contributed by atoms with Gasteiger partial charge in [-0.1, -0.05) is 30.3 Å². The highest BCUT2D eigenvalue weighted by molar-refractivity contribution is 5.85. The molecule has 0 N–H and O–H groups in total.